The van der Waals surface area contributed by atoms with E-state index in [0.717, 1.165) is 6.42 Å². The van der Waals surface area contributed by atoms with E-state index in [0.29, 0.717) is 12.4 Å². The van der Waals surface area contributed by atoms with E-state index in [1.165, 1.54) is 30.3 Å². The van der Waals surface area contributed by atoms with E-state index in [4.69, 9.17) is 20.1 Å². The molecule has 0 saturated carbocycles. The molecule has 4 N–H and O–H groups in total. The van der Waals surface area contributed by atoms with Gasteiger partial charge in [0.15, 0.2) is 0 Å². The normalized spacial score (nSPS) is 9.54. The van der Waals surface area contributed by atoms with Crippen LogP contribution in [0.4, 0.5) is 0 Å². The highest BCUT2D eigenvalue weighted by Gasteiger charge is 2.10. The number of benzene rings is 2. The van der Waals surface area contributed by atoms with Gasteiger partial charge in [-0.05, 0) is 36.8 Å². The first-order chi connectivity index (χ1) is 11.4. The summed E-state index contributed by atoms with van der Waals surface area (Å²) in [7, 11) is 0. The van der Waals surface area contributed by atoms with Gasteiger partial charge >= 0.3 is 11.9 Å². The highest BCUT2D eigenvalue weighted by molar-refractivity contribution is 5.91. The Balaban J connectivity index is 0.000000254. The van der Waals surface area contributed by atoms with Crippen molar-refractivity contribution in [2.75, 3.05) is 6.61 Å². The van der Waals surface area contributed by atoms with Crippen LogP contribution in [0.2, 0.25) is 0 Å². The molecule has 7 heteroatoms. The number of aromatic carboxylic acids is 2. The Morgan fingerprint density at radius 3 is 2.00 bits per heavy atom. The Labute approximate surface area is 138 Å². The van der Waals surface area contributed by atoms with Crippen molar-refractivity contribution in [3.63, 3.8) is 0 Å². The number of hydrogen-bond acceptors (Lipinski definition) is 5. The molecule has 0 radical (unpaired) electrons. The van der Waals surface area contributed by atoms with Crippen molar-refractivity contribution in [3.05, 3.63) is 53.6 Å². The van der Waals surface area contributed by atoms with Gasteiger partial charge in [0.2, 0.25) is 0 Å². The summed E-state index contributed by atoms with van der Waals surface area (Å²) in [6.07, 6.45) is 0.850. The van der Waals surface area contributed by atoms with Crippen molar-refractivity contribution in [1.82, 2.24) is 0 Å². The molecule has 0 atom stereocenters. The summed E-state index contributed by atoms with van der Waals surface area (Å²) in [6, 6.07) is 9.98. The van der Waals surface area contributed by atoms with Crippen LogP contribution in [-0.4, -0.2) is 39.0 Å². The van der Waals surface area contributed by atoms with Gasteiger partial charge in [-0.3, -0.25) is 0 Å². The number of carboxylic acid groups (broad SMARTS) is 2. The Hall–Kier alpha value is -3.22. The molecule has 0 unspecified atom stereocenters. The average Bonchev–Trinajstić information content (AvgIpc) is 2.54. The minimum atomic E-state index is -1.16. The number of rotatable bonds is 5. The van der Waals surface area contributed by atoms with Crippen LogP contribution >= 0.6 is 0 Å². The van der Waals surface area contributed by atoms with Crippen LogP contribution in [0.5, 0.6) is 17.2 Å². The van der Waals surface area contributed by atoms with Gasteiger partial charge in [0.1, 0.15) is 28.4 Å². The highest BCUT2D eigenvalue weighted by atomic mass is 16.5. The molecule has 128 valence electrons. The smallest absolute Gasteiger partial charge is 0.339 e. The molecule has 7 nitrogen and oxygen atoms in total. The van der Waals surface area contributed by atoms with Gasteiger partial charge in [0.05, 0.1) is 6.61 Å². The molecule has 0 amide bonds. The van der Waals surface area contributed by atoms with Crippen molar-refractivity contribution in [1.29, 1.82) is 0 Å². The SMILES string of the molecule is CCCOc1ccc(O)c(C(=O)O)c1.O=C(O)c1ccccc1O. The molecule has 0 heterocycles. The van der Waals surface area contributed by atoms with Crippen LogP contribution in [0.3, 0.4) is 0 Å². The maximum Gasteiger partial charge on any atom is 0.339 e. The molecule has 2 rings (SSSR count). The molecule has 24 heavy (non-hydrogen) atoms. The standard InChI is InChI=1S/C10H12O4.C7H6O3/c1-2-5-14-7-3-4-9(11)8(6-7)10(12)13;8-6-4-2-1-3-5(6)7(9)10/h3-4,6,11H,2,5H2,1H3,(H,12,13);1-4,8H,(H,9,10). The fourth-order valence-corrected chi connectivity index (χ4v) is 1.65. The summed E-state index contributed by atoms with van der Waals surface area (Å²) in [6.45, 7) is 2.49. The molecule has 2 aromatic rings. The van der Waals surface area contributed by atoms with Crippen LogP contribution in [-0.2, 0) is 0 Å². The van der Waals surface area contributed by atoms with Crippen molar-refractivity contribution in [2.45, 2.75) is 13.3 Å². The van der Waals surface area contributed by atoms with Gasteiger partial charge in [-0.2, -0.15) is 0 Å². The van der Waals surface area contributed by atoms with Gasteiger partial charge in [0.25, 0.3) is 0 Å². The first-order valence-electron chi connectivity index (χ1n) is 7.07. The molecular formula is C17H18O7. The van der Waals surface area contributed by atoms with E-state index in [1.54, 1.807) is 12.1 Å². The van der Waals surface area contributed by atoms with Crippen LogP contribution in [0.1, 0.15) is 34.1 Å². The van der Waals surface area contributed by atoms with Gasteiger partial charge < -0.3 is 25.2 Å². The molecule has 0 fully saturated rings. The number of aromatic hydroxyl groups is 2. The van der Waals surface area contributed by atoms with Crippen LogP contribution < -0.4 is 4.74 Å². The minimum Gasteiger partial charge on any atom is -0.507 e. The van der Waals surface area contributed by atoms with Crippen LogP contribution in [0.15, 0.2) is 42.5 Å². The predicted molar refractivity (Wildman–Crippen MR) is 85.9 cm³/mol. The molecule has 0 saturated heterocycles. The fraction of sp³-hybridized carbons (Fsp3) is 0.176. The summed E-state index contributed by atoms with van der Waals surface area (Å²) in [4.78, 5) is 20.9. The van der Waals surface area contributed by atoms with Gasteiger partial charge in [0, 0.05) is 0 Å². The third kappa shape index (κ3) is 5.53. The number of ether oxygens (including phenoxy) is 1. The maximum absolute atomic E-state index is 10.6. The van der Waals surface area contributed by atoms with E-state index in [2.05, 4.69) is 0 Å². The first-order valence-corrected chi connectivity index (χ1v) is 7.07. The molecule has 0 bridgehead atoms. The number of carbonyl (C=O) groups is 2. The van der Waals surface area contributed by atoms with Crippen molar-refractivity contribution < 1.29 is 34.8 Å². The zero-order valence-corrected chi connectivity index (χ0v) is 13.0. The Morgan fingerprint density at radius 2 is 1.50 bits per heavy atom. The van der Waals surface area contributed by atoms with Crippen LogP contribution in [0.25, 0.3) is 0 Å². The van der Waals surface area contributed by atoms with Crippen molar-refractivity contribution >= 4 is 11.9 Å². The third-order valence-corrected chi connectivity index (χ3v) is 2.81. The lowest BCUT2D eigenvalue weighted by Gasteiger charge is -2.06. The Morgan fingerprint density at radius 1 is 0.917 bits per heavy atom. The Bertz CT molecular complexity index is 710. The number of phenols is 2. The lowest BCUT2D eigenvalue weighted by Crippen LogP contribution is -1.99. The van der Waals surface area contributed by atoms with Gasteiger partial charge in [-0.25, -0.2) is 9.59 Å². The zero-order chi connectivity index (χ0) is 18.1. The van der Waals surface area contributed by atoms with E-state index in [1.807, 2.05) is 6.92 Å². The summed E-state index contributed by atoms with van der Waals surface area (Å²) >= 11 is 0. The van der Waals surface area contributed by atoms with E-state index < -0.39 is 11.9 Å². The van der Waals surface area contributed by atoms with E-state index in [9.17, 15) is 14.7 Å². The lowest BCUT2D eigenvalue weighted by molar-refractivity contribution is 0.0682. The molecular weight excluding hydrogens is 316 g/mol. The lowest BCUT2D eigenvalue weighted by atomic mass is 10.2. The van der Waals surface area contributed by atoms with E-state index in [-0.39, 0.29) is 22.6 Å². The summed E-state index contributed by atoms with van der Waals surface area (Å²) in [5.41, 5.74) is -0.207. The molecule has 0 aliphatic rings. The second-order valence-electron chi connectivity index (χ2n) is 4.65. The van der Waals surface area contributed by atoms with Crippen LogP contribution in [0, 0.1) is 0 Å². The molecule has 0 aromatic heterocycles. The predicted octanol–water partition coefficient (Wildman–Crippen LogP) is 2.97. The summed E-state index contributed by atoms with van der Waals surface area (Å²) < 4.78 is 5.23. The number of hydrogen-bond donors (Lipinski definition) is 4. The second kappa shape index (κ2) is 9.04. The van der Waals surface area contributed by atoms with Gasteiger partial charge in [-0.1, -0.05) is 19.1 Å². The second-order valence-corrected chi connectivity index (χ2v) is 4.65. The fourth-order valence-electron chi connectivity index (χ4n) is 1.65. The average molecular weight is 334 g/mol. The summed E-state index contributed by atoms with van der Waals surface area (Å²) in [5.74, 6) is -2.26. The molecule has 2 aromatic carbocycles. The summed E-state index contributed by atoms with van der Waals surface area (Å²) in [5, 5.41) is 35.2. The quantitative estimate of drug-likeness (QED) is 0.662. The van der Waals surface area contributed by atoms with Gasteiger partial charge in [-0.15, -0.1) is 0 Å². The highest BCUT2D eigenvalue weighted by Crippen LogP contribution is 2.22. The Kier molecular flexibility index (Phi) is 7.09. The topological polar surface area (TPSA) is 124 Å². The molecule has 0 aliphatic heterocycles. The number of para-hydroxylation sites is 1. The van der Waals surface area contributed by atoms with Crippen molar-refractivity contribution in [3.8, 4) is 17.2 Å². The number of carboxylic acids is 2. The minimum absolute atomic E-state index is 0.0671. The maximum atomic E-state index is 10.6. The van der Waals surface area contributed by atoms with Crippen molar-refractivity contribution in [2.24, 2.45) is 0 Å². The zero-order valence-electron chi connectivity index (χ0n) is 13.0. The third-order valence-electron chi connectivity index (χ3n) is 2.81. The van der Waals surface area contributed by atoms with E-state index >= 15 is 0 Å². The first kappa shape index (κ1) is 18.8. The largest absolute Gasteiger partial charge is 0.507 e. The monoisotopic (exact) mass is 334 g/mol. The molecule has 0 spiro atoms. The molecule has 0 aliphatic carbocycles.